The van der Waals surface area contributed by atoms with Crippen molar-refractivity contribution in [3.63, 3.8) is 0 Å². The lowest BCUT2D eigenvalue weighted by Crippen LogP contribution is -2.33. The molecule has 0 radical (unpaired) electrons. The van der Waals surface area contributed by atoms with Crippen molar-refractivity contribution in [2.45, 2.75) is 12.8 Å². The number of amides is 1. The number of hydrogen-bond acceptors (Lipinski definition) is 4. The Morgan fingerprint density at radius 3 is 3.06 bits per heavy atom. The van der Waals surface area contributed by atoms with Crippen LogP contribution in [-0.4, -0.2) is 10.3 Å². The number of halogens is 1. The standard InChI is InChI=1S/C10H10ClN3OS/c1-5(10(15)13-12)9-7-3-2-6(11)4-8(7)16-14-9/h2-5H,12H2,1H3,(H,13,15). The second-order valence-electron chi connectivity index (χ2n) is 3.44. The first-order chi connectivity index (χ1) is 7.63. The number of fused-ring (bicyclic) bond motifs is 1. The van der Waals surface area contributed by atoms with E-state index >= 15 is 0 Å². The van der Waals surface area contributed by atoms with Crippen LogP contribution >= 0.6 is 23.1 Å². The fourth-order valence-electron chi connectivity index (χ4n) is 1.49. The summed E-state index contributed by atoms with van der Waals surface area (Å²) in [5.74, 6) is 4.49. The van der Waals surface area contributed by atoms with Crippen LogP contribution in [0.5, 0.6) is 0 Å². The molecule has 0 spiro atoms. The second kappa shape index (κ2) is 4.37. The topological polar surface area (TPSA) is 68.0 Å². The van der Waals surface area contributed by atoms with Crippen molar-refractivity contribution >= 4 is 39.1 Å². The zero-order valence-corrected chi connectivity index (χ0v) is 10.1. The lowest BCUT2D eigenvalue weighted by atomic mass is 10.0. The summed E-state index contributed by atoms with van der Waals surface area (Å²) >= 11 is 7.21. The fourth-order valence-corrected chi connectivity index (χ4v) is 2.63. The molecule has 1 aromatic heterocycles. The molecule has 1 unspecified atom stereocenters. The summed E-state index contributed by atoms with van der Waals surface area (Å²) in [6, 6.07) is 5.50. The van der Waals surface area contributed by atoms with E-state index in [0.717, 1.165) is 15.8 Å². The SMILES string of the molecule is CC(C(=O)NN)c1nsc2cc(Cl)ccc12. The molecule has 1 atom stereocenters. The summed E-state index contributed by atoms with van der Waals surface area (Å²) in [5, 5.41) is 1.61. The van der Waals surface area contributed by atoms with Gasteiger partial charge in [0.1, 0.15) is 0 Å². The van der Waals surface area contributed by atoms with Crippen molar-refractivity contribution in [1.29, 1.82) is 0 Å². The van der Waals surface area contributed by atoms with Gasteiger partial charge in [-0.3, -0.25) is 10.2 Å². The largest absolute Gasteiger partial charge is 0.294 e. The Morgan fingerprint density at radius 2 is 2.38 bits per heavy atom. The van der Waals surface area contributed by atoms with Crippen molar-refractivity contribution in [2.24, 2.45) is 5.84 Å². The molecule has 0 aliphatic heterocycles. The van der Waals surface area contributed by atoms with Gasteiger partial charge in [0.15, 0.2) is 0 Å². The smallest absolute Gasteiger partial charge is 0.242 e. The molecule has 6 heteroatoms. The molecule has 2 aromatic rings. The number of nitrogens with two attached hydrogens (primary N) is 1. The molecule has 0 aliphatic carbocycles. The highest BCUT2D eigenvalue weighted by Gasteiger charge is 2.19. The van der Waals surface area contributed by atoms with Crippen LogP contribution in [0.2, 0.25) is 5.02 Å². The number of hydrazine groups is 1. The van der Waals surface area contributed by atoms with Gasteiger partial charge in [0.2, 0.25) is 5.91 Å². The quantitative estimate of drug-likeness (QED) is 0.490. The van der Waals surface area contributed by atoms with Gasteiger partial charge in [0, 0.05) is 10.4 Å². The number of nitrogens with zero attached hydrogens (tertiary/aromatic N) is 1. The number of aromatic nitrogens is 1. The third kappa shape index (κ3) is 1.89. The molecule has 4 nitrogen and oxygen atoms in total. The summed E-state index contributed by atoms with van der Waals surface area (Å²) in [7, 11) is 0. The highest BCUT2D eigenvalue weighted by molar-refractivity contribution is 7.13. The van der Waals surface area contributed by atoms with Crippen molar-refractivity contribution in [3.05, 3.63) is 28.9 Å². The molecule has 3 N–H and O–H groups in total. The normalized spacial score (nSPS) is 12.7. The molecule has 1 amide bonds. The predicted octanol–water partition coefficient (Wildman–Crippen LogP) is 2.04. The summed E-state index contributed by atoms with van der Waals surface area (Å²) in [5.41, 5.74) is 2.86. The van der Waals surface area contributed by atoms with E-state index in [0.29, 0.717) is 5.02 Å². The minimum atomic E-state index is -0.361. The third-order valence-electron chi connectivity index (χ3n) is 2.41. The number of carbonyl (C=O) groups is 1. The second-order valence-corrected chi connectivity index (χ2v) is 4.68. The van der Waals surface area contributed by atoms with E-state index in [4.69, 9.17) is 17.4 Å². The minimum absolute atomic E-state index is 0.248. The monoisotopic (exact) mass is 255 g/mol. The molecule has 16 heavy (non-hydrogen) atoms. The maximum atomic E-state index is 11.4. The number of rotatable bonds is 2. The first-order valence-corrected chi connectivity index (χ1v) is 5.84. The Balaban J connectivity index is 2.50. The Hall–Kier alpha value is -1.17. The number of nitrogens with one attached hydrogen (secondary N) is 1. The summed E-state index contributed by atoms with van der Waals surface area (Å²) in [6.07, 6.45) is 0. The maximum absolute atomic E-state index is 11.4. The van der Waals surface area contributed by atoms with E-state index in [1.165, 1.54) is 11.5 Å². The summed E-state index contributed by atoms with van der Waals surface area (Å²) in [6.45, 7) is 1.77. The van der Waals surface area contributed by atoms with Crippen LogP contribution in [0, 0.1) is 0 Å². The van der Waals surface area contributed by atoms with Crippen molar-refractivity contribution in [2.75, 3.05) is 0 Å². The summed E-state index contributed by atoms with van der Waals surface area (Å²) < 4.78 is 5.24. The molecule has 1 aromatic carbocycles. The molecule has 0 saturated heterocycles. The average molecular weight is 256 g/mol. The lowest BCUT2D eigenvalue weighted by Gasteiger charge is -2.06. The van der Waals surface area contributed by atoms with E-state index in [9.17, 15) is 4.79 Å². The zero-order chi connectivity index (χ0) is 11.7. The van der Waals surface area contributed by atoms with Gasteiger partial charge in [0.25, 0.3) is 0 Å². The highest BCUT2D eigenvalue weighted by Crippen LogP contribution is 2.30. The molecule has 1 heterocycles. The fraction of sp³-hybridized carbons (Fsp3) is 0.200. The number of benzene rings is 1. The van der Waals surface area contributed by atoms with Gasteiger partial charge in [-0.05, 0) is 30.6 Å². The van der Waals surface area contributed by atoms with E-state index in [1.807, 2.05) is 12.1 Å². The third-order valence-corrected chi connectivity index (χ3v) is 3.47. The molecule has 0 fully saturated rings. The van der Waals surface area contributed by atoms with Gasteiger partial charge in [-0.1, -0.05) is 17.7 Å². The Kier molecular flexibility index (Phi) is 3.09. The van der Waals surface area contributed by atoms with Gasteiger partial charge in [0.05, 0.1) is 16.3 Å². The Bertz CT molecular complexity index is 540. The molecule has 84 valence electrons. The van der Waals surface area contributed by atoms with Crippen LogP contribution in [0.4, 0.5) is 0 Å². The summed E-state index contributed by atoms with van der Waals surface area (Å²) in [4.78, 5) is 11.4. The first kappa shape index (κ1) is 11.3. The highest BCUT2D eigenvalue weighted by atomic mass is 35.5. The van der Waals surface area contributed by atoms with Gasteiger partial charge in [-0.25, -0.2) is 5.84 Å². The lowest BCUT2D eigenvalue weighted by molar-refractivity contribution is -0.122. The van der Waals surface area contributed by atoms with Crippen LogP contribution < -0.4 is 11.3 Å². The predicted molar refractivity (Wildman–Crippen MR) is 65.4 cm³/mol. The van der Waals surface area contributed by atoms with E-state index in [2.05, 4.69) is 9.80 Å². The van der Waals surface area contributed by atoms with Crippen molar-refractivity contribution < 1.29 is 4.79 Å². The number of hydrogen-bond donors (Lipinski definition) is 2. The minimum Gasteiger partial charge on any atom is -0.294 e. The van der Waals surface area contributed by atoms with Gasteiger partial charge < -0.3 is 0 Å². The van der Waals surface area contributed by atoms with E-state index < -0.39 is 0 Å². The van der Waals surface area contributed by atoms with Crippen molar-refractivity contribution in [1.82, 2.24) is 9.80 Å². The number of carbonyl (C=O) groups excluding carboxylic acids is 1. The maximum Gasteiger partial charge on any atom is 0.242 e. The van der Waals surface area contributed by atoms with E-state index in [-0.39, 0.29) is 11.8 Å². The van der Waals surface area contributed by atoms with E-state index in [1.54, 1.807) is 13.0 Å². The average Bonchev–Trinajstić information content (AvgIpc) is 2.69. The molecule has 0 bridgehead atoms. The molecule has 0 aliphatic rings. The zero-order valence-electron chi connectivity index (χ0n) is 8.53. The molecule has 2 rings (SSSR count). The molecule has 0 saturated carbocycles. The van der Waals surface area contributed by atoms with Crippen LogP contribution in [0.15, 0.2) is 18.2 Å². The van der Waals surface area contributed by atoms with Crippen LogP contribution in [0.1, 0.15) is 18.5 Å². The van der Waals surface area contributed by atoms with Gasteiger partial charge in [-0.15, -0.1) is 0 Å². The van der Waals surface area contributed by atoms with Crippen LogP contribution in [0.3, 0.4) is 0 Å². The first-order valence-electron chi connectivity index (χ1n) is 4.68. The van der Waals surface area contributed by atoms with Crippen LogP contribution in [0.25, 0.3) is 10.1 Å². The van der Waals surface area contributed by atoms with Gasteiger partial charge in [-0.2, -0.15) is 4.37 Å². The Morgan fingerprint density at radius 1 is 1.62 bits per heavy atom. The van der Waals surface area contributed by atoms with Gasteiger partial charge >= 0.3 is 0 Å². The van der Waals surface area contributed by atoms with Crippen LogP contribution in [-0.2, 0) is 4.79 Å². The molecular weight excluding hydrogens is 246 g/mol. The molecular formula is C10H10ClN3OS. The Labute approximate surface area is 102 Å². The van der Waals surface area contributed by atoms with Crippen molar-refractivity contribution in [3.8, 4) is 0 Å².